The highest BCUT2D eigenvalue weighted by Crippen LogP contribution is 2.64. The number of ether oxygens (including phenoxy) is 4. The van der Waals surface area contributed by atoms with E-state index in [2.05, 4.69) is 6.92 Å². The van der Waals surface area contributed by atoms with Gasteiger partial charge in [0.15, 0.2) is 6.29 Å². The maximum atomic E-state index is 6.57. The Kier molecular flexibility index (Phi) is 6.95. The molecule has 3 aliphatic heterocycles. The molecule has 3 aliphatic rings. The lowest BCUT2D eigenvalue weighted by Crippen LogP contribution is -2.85. The second-order valence-corrected chi connectivity index (χ2v) is 16.5. The second kappa shape index (κ2) is 8.35. The summed E-state index contributed by atoms with van der Waals surface area (Å²) in [6.45, 7) is 3.65. The maximum Gasteiger partial charge on any atom is 0.375 e. The molecule has 0 aromatic rings. The van der Waals surface area contributed by atoms with Gasteiger partial charge < -0.3 is 18.9 Å². The van der Waals surface area contributed by atoms with Gasteiger partial charge >= 0.3 is 6.00 Å². The highest BCUT2D eigenvalue weighted by atomic mass is 35.8. The van der Waals surface area contributed by atoms with Crippen molar-refractivity contribution in [3.05, 3.63) is 0 Å². The predicted molar refractivity (Wildman–Crippen MR) is 107 cm³/mol. The molecule has 26 heavy (non-hydrogen) atoms. The monoisotopic (exact) mass is 444 g/mol. The highest BCUT2D eigenvalue weighted by Gasteiger charge is 2.80. The molecule has 3 heterocycles. The topological polar surface area (TPSA) is 36.9 Å². The van der Waals surface area contributed by atoms with Gasteiger partial charge in [-0.25, -0.2) is 0 Å². The van der Waals surface area contributed by atoms with Crippen LogP contribution >= 0.6 is 33.2 Å². The van der Waals surface area contributed by atoms with Gasteiger partial charge in [0.2, 0.25) is 0 Å². The molecule has 152 valence electrons. The number of rotatable bonds is 11. The summed E-state index contributed by atoms with van der Waals surface area (Å²) in [7, 11) is 1.62. The Bertz CT molecular complexity index is 472. The van der Waals surface area contributed by atoms with Crippen molar-refractivity contribution >= 4 is 39.2 Å². The molecular weight excluding hydrogens is 415 g/mol. The zero-order valence-corrected chi connectivity index (χ0v) is 19.1. The number of halogens is 3. The van der Waals surface area contributed by atoms with Gasteiger partial charge in [-0.15, -0.1) is 33.2 Å². The molecule has 3 saturated heterocycles. The summed E-state index contributed by atoms with van der Waals surface area (Å²) in [5.41, 5.74) is -1.03. The van der Waals surface area contributed by atoms with Gasteiger partial charge in [0.25, 0.3) is 0 Å². The summed E-state index contributed by atoms with van der Waals surface area (Å²) in [6.07, 6.45) is 10.4. The first-order valence-corrected chi connectivity index (χ1v) is 15.0. The van der Waals surface area contributed by atoms with Crippen molar-refractivity contribution in [2.24, 2.45) is 0 Å². The first-order chi connectivity index (χ1) is 12.4. The van der Waals surface area contributed by atoms with Crippen LogP contribution in [0.5, 0.6) is 0 Å². The van der Waals surface area contributed by atoms with E-state index < -0.39 is 16.8 Å². The fourth-order valence-corrected chi connectivity index (χ4v) is 8.88. The van der Waals surface area contributed by atoms with Crippen LogP contribution < -0.4 is 0 Å². The summed E-state index contributed by atoms with van der Waals surface area (Å²) < 4.78 is 23.9. The number of hydrogen-bond acceptors (Lipinski definition) is 4. The van der Waals surface area contributed by atoms with Crippen molar-refractivity contribution < 1.29 is 18.9 Å². The van der Waals surface area contributed by atoms with Crippen LogP contribution in [0, 0.1) is 0 Å². The molecule has 0 aliphatic carbocycles. The molecule has 0 aromatic heterocycles. The minimum absolute atomic E-state index is 0.328. The minimum Gasteiger partial charge on any atom is -0.372 e. The van der Waals surface area contributed by atoms with E-state index in [1.54, 1.807) is 7.11 Å². The number of hydrogen-bond donors (Lipinski definition) is 0. The van der Waals surface area contributed by atoms with Gasteiger partial charge in [-0.3, -0.25) is 0 Å². The summed E-state index contributed by atoms with van der Waals surface area (Å²) in [4.78, 5) is 0. The van der Waals surface area contributed by atoms with Crippen LogP contribution in [0.25, 0.3) is 0 Å². The zero-order valence-electron chi connectivity index (χ0n) is 15.8. The van der Waals surface area contributed by atoms with Crippen LogP contribution in [-0.2, 0) is 18.9 Å². The smallest absolute Gasteiger partial charge is 0.372 e. The van der Waals surface area contributed by atoms with Crippen LogP contribution in [0.1, 0.15) is 71.1 Å². The Labute approximate surface area is 172 Å². The van der Waals surface area contributed by atoms with Gasteiger partial charge in [-0.1, -0.05) is 45.4 Å². The highest BCUT2D eigenvalue weighted by molar-refractivity contribution is 7.65. The molecule has 0 spiro atoms. The van der Waals surface area contributed by atoms with E-state index in [4.69, 9.17) is 52.2 Å². The van der Waals surface area contributed by atoms with Gasteiger partial charge in [0.1, 0.15) is 16.4 Å². The van der Waals surface area contributed by atoms with E-state index >= 15 is 0 Å². The van der Waals surface area contributed by atoms with Crippen molar-refractivity contribution in [1.29, 1.82) is 0 Å². The van der Waals surface area contributed by atoms with Gasteiger partial charge in [0.05, 0.1) is 13.2 Å². The molecule has 3 fully saturated rings. The fraction of sp³-hybridized carbons (Fsp3) is 1.00. The summed E-state index contributed by atoms with van der Waals surface area (Å²) in [5.74, 6) is 0. The Morgan fingerprint density at radius 1 is 1.00 bits per heavy atom. The lowest BCUT2D eigenvalue weighted by Gasteiger charge is -2.70. The predicted octanol–water partition coefficient (Wildman–Crippen LogP) is 5.38. The molecule has 0 aromatic carbocycles. The second-order valence-electron chi connectivity index (χ2n) is 7.85. The average molecular weight is 446 g/mol. The Balaban J connectivity index is 1.72. The Hall–Kier alpha value is 0.927. The summed E-state index contributed by atoms with van der Waals surface area (Å²) in [6, 6.07) is -3.24. The third-order valence-electron chi connectivity index (χ3n) is 6.52. The first kappa shape index (κ1) is 21.6. The van der Waals surface area contributed by atoms with Gasteiger partial charge in [-0.05, 0) is 6.42 Å². The van der Waals surface area contributed by atoms with Crippen molar-refractivity contribution in [2.75, 3.05) is 20.3 Å². The maximum absolute atomic E-state index is 6.57. The minimum atomic E-state index is -3.24. The molecule has 3 rings (SSSR count). The quantitative estimate of drug-likeness (QED) is 0.243. The molecule has 0 radical (unpaired) electrons. The lowest BCUT2D eigenvalue weighted by atomic mass is 9.64. The average Bonchev–Trinajstić information content (AvgIpc) is 2.46. The van der Waals surface area contributed by atoms with E-state index in [0.29, 0.717) is 13.0 Å². The standard InChI is InChI=1S/C18H31Cl3O4Si/c1-3-4-5-6-7-8-9-16(10-12-23-16)17(11-13-24-17)18(26(19,20)21)14-15(22-2)25-18/h15H,3-14H2,1-2H3. The molecule has 0 bridgehead atoms. The molecule has 4 atom stereocenters. The van der Waals surface area contributed by atoms with Gasteiger partial charge in [0, 0.05) is 26.4 Å². The summed E-state index contributed by atoms with van der Waals surface area (Å²) >= 11 is 19.7. The molecule has 0 N–H and O–H groups in total. The number of unbranched alkanes of at least 4 members (excludes halogenated alkanes) is 5. The SMILES string of the molecule is CCCCCCCCC1(C2(C3([Si](Cl)(Cl)Cl)CC(OC)O3)CCO2)CCO1. The largest absolute Gasteiger partial charge is 0.375 e. The third-order valence-corrected chi connectivity index (χ3v) is 10.9. The summed E-state index contributed by atoms with van der Waals surface area (Å²) in [5, 5.41) is -0.883. The van der Waals surface area contributed by atoms with Crippen molar-refractivity contribution in [1.82, 2.24) is 0 Å². The van der Waals surface area contributed by atoms with Crippen LogP contribution in [0.4, 0.5) is 0 Å². The van der Waals surface area contributed by atoms with Crippen molar-refractivity contribution in [2.45, 2.75) is 93.8 Å². The van der Waals surface area contributed by atoms with E-state index in [9.17, 15) is 0 Å². The molecule has 8 heteroatoms. The van der Waals surface area contributed by atoms with Crippen molar-refractivity contribution in [3.63, 3.8) is 0 Å². The third kappa shape index (κ3) is 3.39. The van der Waals surface area contributed by atoms with Gasteiger partial charge in [-0.2, -0.15) is 0 Å². The van der Waals surface area contributed by atoms with E-state index in [1.807, 2.05) is 0 Å². The molecule has 4 unspecified atom stereocenters. The lowest BCUT2D eigenvalue weighted by molar-refractivity contribution is -0.410. The van der Waals surface area contributed by atoms with E-state index in [1.165, 1.54) is 32.1 Å². The van der Waals surface area contributed by atoms with Crippen LogP contribution in [0.3, 0.4) is 0 Å². The Morgan fingerprint density at radius 3 is 2.00 bits per heavy atom. The fourth-order valence-electron chi connectivity index (χ4n) is 4.86. The zero-order chi connectivity index (χ0) is 18.9. The number of methoxy groups -OCH3 is 1. The van der Waals surface area contributed by atoms with Crippen LogP contribution in [0.15, 0.2) is 0 Å². The molecule has 4 nitrogen and oxygen atoms in total. The Morgan fingerprint density at radius 2 is 1.58 bits per heavy atom. The van der Waals surface area contributed by atoms with Crippen molar-refractivity contribution in [3.8, 4) is 0 Å². The normalized spacial score (nSPS) is 39.8. The van der Waals surface area contributed by atoms with E-state index in [-0.39, 0.29) is 11.9 Å². The molecular formula is C18H31Cl3O4Si. The molecule has 0 amide bonds. The van der Waals surface area contributed by atoms with E-state index in [0.717, 1.165) is 32.3 Å². The first-order valence-electron chi connectivity index (χ1n) is 9.92. The van der Waals surface area contributed by atoms with Crippen LogP contribution in [0.2, 0.25) is 0 Å². The molecule has 0 saturated carbocycles. The van der Waals surface area contributed by atoms with Crippen LogP contribution in [-0.4, -0.2) is 49.0 Å².